The molecule has 1 N–H and O–H groups in total. The molecule has 2 heterocycles. The Labute approximate surface area is 194 Å². The van der Waals surface area contributed by atoms with E-state index in [1.807, 2.05) is 61.5 Å². The van der Waals surface area contributed by atoms with Crippen molar-refractivity contribution in [2.45, 2.75) is 38.6 Å². The molecule has 172 valence electrons. The molecule has 0 aliphatic carbocycles. The van der Waals surface area contributed by atoms with Crippen molar-refractivity contribution in [1.82, 2.24) is 14.7 Å². The molecule has 1 aliphatic rings. The van der Waals surface area contributed by atoms with E-state index < -0.39 is 6.04 Å². The molecule has 4 rings (SSSR count). The summed E-state index contributed by atoms with van der Waals surface area (Å²) in [5, 5.41) is 7.42. The molecule has 2 aromatic carbocycles. The second-order valence-corrected chi connectivity index (χ2v) is 8.31. The predicted molar refractivity (Wildman–Crippen MR) is 128 cm³/mol. The minimum absolute atomic E-state index is 0.144. The van der Waals surface area contributed by atoms with E-state index in [0.29, 0.717) is 24.3 Å². The number of aryl methyl sites for hydroxylation is 2. The van der Waals surface area contributed by atoms with Crippen LogP contribution >= 0.6 is 0 Å². The number of aromatic nitrogens is 2. The van der Waals surface area contributed by atoms with Crippen molar-refractivity contribution < 1.29 is 14.3 Å². The van der Waals surface area contributed by atoms with Crippen LogP contribution in [-0.4, -0.2) is 46.2 Å². The molecule has 2 amide bonds. The van der Waals surface area contributed by atoms with E-state index >= 15 is 0 Å². The van der Waals surface area contributed by atoms with Gasteiger partial charge in [-0.25, -0.2) is 0 Å². The van der Waals surface area contributed by atoms with Crippen molar-refractivity contribution in [3.05, 3.63) is 66.0 Å². The van der Waals surface area contributed by atoms with Crippen LogP contribution in [-0.2, 0) is 18.3 Å². The second kappa shape index (κ2) is 9.90. The molecule has 1 aliphatic heterocycles. The van der Waals surface area contributed by atoms with Gasteiger partial charge in [-0.3, -0.25) is 14.3 Å². The van der Waals surface area contributed by atoms with Crippen molar-refractivity contribution in [3.8, 4) is 16.9 Å². The van der Waals surface area contributed by atoms with Crippen LogP contribution in [0.1, 0.15) is 42.4 Å². The highest BCUT2D eigenvalue weighted by atomic mass is 16.5. The average molecular weight is 447 g/mol. The van der Waals surface area contributed by atoms with Crippen LogP contribution in [0.15, 0.2) is 54.6 Å². The van der Waals surface area contributed by atoms with E-state index in [9.17, 15) is 9.59 Å². The zero-order valence-electron chi connectivity index (χ0n) is 19.4. The number of anilines is 1. The van der Waals surface area contributed by atoms with Gasteiger partial charge in [0, 0.05) is 19.3 Å². The Balaban J connectivity index is 1.53. The van der Waals surface area contributed by atoms with Crippen LogP contribution in [0.2, 0.25) is 0 Å². The molecule has 1 atom stereocenters. The first-order valence-corrected chi connectivity index (χ1v) is 11.4. The Morgan fingerprint density at radius 3 is 2.58 bits per heavy atom. The van der Waals surface area contributed by atoms with E-state index in [0.717, 1.165) is 41.8 Å². The molecule has 33 heavy (non-hydrogen) atoms. The summed E-state index contributed by atoms with van der Waals surface area (Å²) >= 11 is 0. The zero-order valence-corrected chi connectivity index (χ0v) is 19.4. The van der Waals surface area contributed by atoms with Crippen LogP contribution in [0.4, 0.5) is 5.69 Å². The van der Waals surface area contributed by atoms with E-state index in [1.54, 1.807) is 23.7 Å². The number of hydrogen-bond donors (Lipinski definition) is 1. The Hall–Kier alpha value is -3.61. The molecule has 0 radical (unpaired) electrons. The lowest BCUT2D eigenvalue weighted by Gasteiger charge is -2.34. The molecule has 1 fully saturated rings. The molecule has 0 unspecified atom stereocenters. The summed E-state index contributed by atoms with van der Waals surface area (Å²) in [6, 6.07) is 16.8. The minimum Gasteiger partial charge on any atom is -0.497 e. The van der Waals surface area contributed by atoms with Crippen LogP contribution in [0.5, 0.6) is 5.75 Å². The zero-order chi connectivity index (χ0) is 23.4. The van der Waals surface area contributed by atoms with E-state index in [1.165, 1.54) is 0 Å². The van der Waals surface area contributed by atoms with Crippen molar-refractivity contribution in [2.75, 3.05) is 19.0 Å². The third-order valence-electron chi connectivity index (χ3n) is 6.11. The summed E-state index contributed by atoms with van der Waals surface area (Å²) in [6.45, 7) is 2.57. The number of hydrogen-bond acceptors (Lipinski definition) is 4. The number of nitrogens with one attached hydrogen (secondary N) is 1. The van der Waals surface area contributed by atoms with Gasteiger partial charge in [0.25, 0.3) is 5.91 Å². The first kappa shape index (κ1) is 22.6. The molecule has 1 aromatic heterocycles. The lowest BCUT2D eigenvalue weighted by atomic mass is 10.00. The topological polar surface area (TPSA) is 76.5 Å². The molecule has 7 nitrogen and oxygen atoms in total. The summed E-state index contributed by atoms with van der Waals surface area (Å²) in [4.78, 5) is 28.2. The lowest BCUT2D eigenvalue weighted by molar-refractivity contribution is -0.121. The van der Waals surface area contributed by atoms with Gasteiger partial charge in [0.1, 0.15) is 17.5 Å². The average Bonchev–Trinajstić information content (AvgIpc) is 3.24. The highest BCUT2D eigenvalue weighted by Gasteiger charge is 2.34. The van der Waals surface area contributed by atoms with Gasteiger partial charge in [-0.2, -0.15) is 5.10 Å². The molecule has 7 heteroatoms. The Morgan fingerprint density at radius 1 is 1.09 bits per heavy atom. The maximum atomic E-state index is 13.3. The Morgan fingerprint density at radius 2 is 1.85 bits per heavy atom. The fourth-order valence-corrected chi connectivity index (χ4v) is 4.30. The van der Waals surface area contributed by atoms with Gasteiger partial charge in [0.2, 0.25) is 5.91 Å². The number of piperidine rings is 1. The number of amides is 2. The molecular formula is C26H30N4O3. The summed E-state index contributed by atoms with van der Waals surface area (Å²) in [6.07, 6.45) is 3.21. The van der Waals surface area contributed by atoms with Gasteiger partial charge >= 0.3 is 0 Å². The number of carbonyl (C=O) groups excluding carboxylic acids is 2. The minimum atomic E-state index is -0.508. The Bertz CT molecular complexity index is 1150. The largest absolute Gasteiger partial charge is 0.497 e. The van der Waals surface area contributed by atoms with E-state index in [4.69, 9.17) is 4.74 Å². The van der Waals surface area contributed by atoms with Gasteiger partial charge in [-0.1, -0.05) is 31.2 Å². The summed E-state index contributed by atoms with van der Waals surface area (Å²) in [5.41, 5.74) is 4.07. The van der Waals surface area contributed by atoms with Gasteiger partial charge in [0.05, 0.1) is 12.8 Å². The maximum absolute atomic E-state index is 13.3. The highest BCUT2D eigenvalue weighted by molar-refractivity contribution is 6.01. The molecular weight excluding hydrogens is 416 g/mol. The molecule has 1 saturated heterocycles. The van der Waals surface area contributed by atoms with Crippen molar-refractivity contribution in [3.63, 3.8) is 0 Å². The number of nitrogens with zero attached hydrogens (tertiary/aromatic N) is 3. The third kappa shape index (κ3) is 4.92. The standard InChI is InChI=1S/C26H30N4O3/c1-4-20-17-24(29(2)28-20)26(32)30-14-6-5-13-23(30)25(31)27-21-11-7-9-18(15-21)19-10-8-12-22(16-19)33-3/h7-12,15-17,23H,4-6,13-14H2,1-3H3,(H,27,31)/t23-/m0/s1. The van der Waals surface area contributed by atoms with Crippen molar-refractivity contribution >= 4 is 17.5 Å². The summed E-state index contributed by atoms with van der Waals surface area (Å²) in [5.74, 6) is 0.470. The van der Waals surface area contributed by atoms with E-state index in [2.05, 4.69) is 10.4 Å². The number of methoxy groups -OCH3 is 1. The van der Waals surface area contributed by atoms with Crippen molar-refractivity contribution in [1.29, 1.82) is 0 Å². The maximum Gasteiger partial charge on any atom is 0.272 e. The molecule has 0 saturated carbocycles. The van der Waals surface area contributed by atoms with Crippen LogP contribution in [0, 0.1) is 0 Å². The first-order chi connectivity index (χ1) is 16.0. The summed E-state index contributed by atoms with van der Waals surface area (Å²) < 4.78 is 6.94. The number of likely N-dealkylation sites (tertiary alicyclic amines) is 1. The molecule has 3 aromatic rings. The van der Waals surface area contributed by atoms with Crippen LogP contribution < -0.4 is 10.1 Å². The van der Waals surface area contributed by atoms with Gasteiger partial charge in [-0.05, 0) is 67.1 Å². The normalized spacial score (nSPS) is 15.8. The highest BCUT2D eigenvalue weighted by Crippen LogP contribution is 2.27. The lowest BCUT2D eigenvalue weighted by Crippen LogP contribution is -2.50. The fraction of sp³-hybridized carbons (Fsp3) is 0.346. The van der Waals surface area contributed by atoms with Gasteiger partial charge in [0.15, 0.2) is 0 Å². The van der Waals surface area contributed by atoms with Gasteiger partial charge < -0.3 is 15.0 Å². The first-order valence-electron chi connectivity index (χ1n) is 11.4. The van der Waals surface area contributed by atoms with E-state index in [-0.39, 0.29) is 11.8 Å². The molecule has 0 spiro atoms. The van der Waals surface area contributed by atoms with Crippen LogP contribution in [0.3, 0.4) is 0 Å². The van der Waals surface area contributed by atoms with Crippen molar-refractivity contribution in [2.24, 2.45) is 7.05 Å². The number of rotatable bonds is 6. The summed E-state index contributed by atoms with van der Waals surface area (Å²) in [7, 11) is 3.41. The SMILES string of the molecule is CCc1cc(C(=O)N2CCCC[C@H]2C(=O)Nc2cccc(-c3cccc(OC)c3)c2)n(C)n1. The van der Waals surface area contributed by atoms with Gasteiger partial charge in [-0.15, -0.1) is 0 Å². The van der Waals surface area contributed by atoms with Crippen LogP contribution in [0.25, 0.3) is 11.1 Å². The number of carbonyl (C=O) groups is 2. The number of ether oxygens (including phenoxy) is 1. The second-order valence-electron chi connectivity index (χ2n) is 8.31. The monoisotopic (exact) mass is 446 g/mol. The molecule has 0 bridgehead atoms. The Kier molecular flexibility index (Phi) is 6.77. The third-order valence-corrected chi connectivity index (χ3v) is 6.11. The smallest absolute Gasteiger partial charge is 0.272 e. The fourth-order valence-electron chi connectivity index (χ4n) is 4.30. The number of benzene rings is 2. The quantitative estimate of drug-likeness (QED) is 0.613. The predicted octanol–water partition coefficient (Wildman–Crippen LogP) is 4.29.